The molecule has 0 saturated heterocycles. The van der Waals surface area contributed by atoms with Crippen molar-refractivity contribution in [3.05, 3.63) is 90.5 Å². The Morgan fingerprint density at radius 2 is 1.68 bits per heavy atom. The molecular weight excluding hydrogens is 386 g/mol. The monoisotopic (exact) mass is 407 g/mol. The minimum Gasteiger partial charge on any atom is -0.352 e. The molecular formula is C25H21N5O. The molecule has 0 aliphatic heterocycles. The average Bonchev–Trinajstić information content (AvgIpc) is 3.14. The molecule has 3 heterocycles. The second kappa shape index (κ2) is 7.99. The number of imidazole rings is 1. The molecule has 0 spiro atoms. The molecule has 0 bridgehead atoms. The van der Waals surface area contributed by atoms with Crippen LogP contribution in [0.25, 0.3) is 33.2 Å². The number of rotatable bonds is 5. The van der Waals surface area contributed by atoms with Crippen LogP contribution in [0.2, 0.25) is 0 Å². The van der Waals surface area contributed by atoms with Crippen LogP contribution in [0.15, 0.2) is 79.1 Å². The van der Waals surface area contributed by atoms with Gasteiger partial charge < -0.3 is 9.88 Å². The van der Waals surface area contributed by atoms with E-state index in [4.69, 9.17) is 4.98 Å². The summed E-state index contributed by atoms with van der Waals surface area (Å²) in [5, 5.41) is 3.89. The first-order valence-corrected chi connectivity index (χ1v) is 10.2. The molecule has 31 heavy (non-hydrogen) atoms. The predicted octanol–water partition coefficient (Wildman–Crippen LogP) is 4.16. The number of aromatic nitrogens is 4. The molecule has 0 aliphatic carbocycles. The van der Waals surface area contributed by atoms with E-state index in [-0.39, 0.29) is 5.91 Å². The zero-order chi connectivity index (χ0) is 21.2. The van der Waals surface area contributed by atoms with Crippen molar-refractivity contribution in [2.45, 2.75) is 6.42 Å². The number of amides is 1. The molecule has 5 rings (SSSR count). The van der Waals surface area contributed by atoms with Gasteiger partial charge in [-0.25, -0.2) is 9.97 Å². The standard InChI is InChI=1S/C25H21N5O/c1-30-23-9-5-4-8-21(23)29-24(30)12-15-27-25(31)19-16-22(17-10-13-26-14-11-17)28-20-7-3-2-6-18(19)20/h2-11,13-14,16H,12,15H2,1H3,(H,27,31). The number of hydrogen-bond acceptors (Lipinski definition) is 4. The number of para-hydroxylation sites is 3. The van der Waals surface area contributed by atoms with Crippen molar-refractivity contribution >= 4 is 27.8 Å². The van der Waals surface area contributed by atoms with Gasteiger partial charge in [0.2, 0.25) is 0 Å². The first-order chi connectivity index (χ1) is 15.2. The number of pyridine rings is 2. The SMILES string of the molecule is Cn1c(CCNC(=O)c2cc(-c3ccncc3)nc3ccccc23)nc2ccccc21. The number of carbonyl (C=O) groups is 1. The van der Waals surface area contributed by atoms with E-state index in [0.717, 1.165) is 39.0 Å². The number of nitrogens with zero attached hydrogens (tertiary/aromatic N) is 4. The normalized spacial score (nSPS) is 11.1. The lowest BCUT2D eigenvalue weighted by Crippen LogP contribution is -2.26. The maximum atomic E-state index is 13.1. The third-order valence-electron chi connectivity index (χ3n) is 5.45. The fraction of sp³-hybridized carbons (Fsp3) is 0.120. The van der Waals surface area contributed by atoms with E-state index in [2.05, 4.69) is 19.9 Å². The fourth-order valence-corrected chi connectivity index (χ4v) is 3.84. The summed E-state index contributed by atoms with van der Waals surface area (Å²) in [5.41, 5.74) is 5.13. The molecule has 1 amide bonds. The molecule has 2 aromatic carbocycles. The number of nitrogens with one attached hydrogen (secondary N) is 1. The fourth-order valence-electron chi connectivity index (χ4n) is 3.84. The van der Waals surface area contributed by atoms with Crippen LogP contribution in [0.4, 0.5) is 0 Å². The van der Waals surface area contributed by atoms with Gasteiger partial charge in [0.25, 0.3) is 5.91 Å². The minimum atomic E-state index is -0.118. The van der Waals surface area contributed by atoms with Crippen LogP contribution < -0.4 is 5.32 Å². The van der Waals surface area contributed by atoms with Gasteiger partial charge in [-0.3, -0.25) is 9.78 Å². The lowest BCUT2D eigenvalue weighted by molar-refractivity contribution is 0.0955. The molecule has 0 saturated carbocycles. The smallest absolute Gasteiger partial charge is 0.252 e. The largest absolute Gasteiger partial charge is 0.352 e. The third kappa shape index (κ3) is 3.64. The number of hydrogen-bond donors (Lipinski definition) is 1. The van der Waals surface area contributed by atoms with Gasteiger partial charge >= 0.3 is 0 Å². The zero-order valence-corrected chi connectivity index (χ0v) is 17.1. The van der Waals surface area contributed by atoms with Crippen molar-refractivity contribution in [3.63, 3.8) is 0 Å². The Hall–Kier alpha value is -4.06. The van der Waals surface area contributed by atoms with Crippen LogP contribution in [-0.2, 0) is 13.5 Å². The number of fused-ring (bicyclic) bond motifs is 2. The lowest BCUT2D eigenvalue weighted by atomic mass is 10.0. The van der Waals surface area contributed by atoms with E-state index >= 15 is 0 Å². The van der Waals surface area contributed by atoms with Crippen LogP contribution in [0.1, 0.15) is 16.2 Å². The maximum Gasteiger partial charge on any atom is 0.252 e. The highest BCUT2D eigenvalue weighted by molar-refractivity contribution is 6.07. The van der Waals surface area contributed by atoms with Gasteiger partial charge in [-0.2, -0.15) is 0 Å². The molecule has 5 aromatic rings. The Balaban J connectivity index is 1.40. The van der Waals surface area contributed by atoms with Gasteiger partial charge in [-0.15, -0.1) is 0 Å². The number of carbonyl (C=O) groups excluding carboxylic acids is 1. The van der Waals surface area contributed by atoms with Gasteiger partial charge in [-0.05, 0) is 36.4 Å². The van der Waals surface area contributed by atoms with Gasteiger partial charge in [0, 0.05) is 43.4 Å². The van der Waals surface area contributed by atoms with E-state index in [1.165, 1.54) is 0 Å². The topological polar surface area (TPSA) is 72.7 Å². The van der Waals surface area contributed by atoms with Crippen molar-refractivity contribution in [1.82, 2.24) is 24.8 Å². The maximum absolute atomic E-state index is 13.1. The van der Waals surface area contributed by atoms with E-state index in [9.17, 15) is 4.79 Å². The highest BCUT2D eigenvalue weighted by Gasteiger charge is 2.14. The Bertz CT molecular complexity index is 1390. The zero-order valence-electron chi connectivity index (χ0n) is 17.1. The minimum absolute atomic E-state index is 0.118. The lowest BCUT2D eigenvalue weighted by Gasteiger charge is -2.11. The van der Waals surface area contributed by atoms with Crippen molar-refractivity contribution in [1.29, 1.82) is 0 Å². The summed E-state index contributed by atoms with van der Waals surface area (Å²) in [6.07, 6.45) is 4.10. The van der Waals surface area contributed by atoms with Crippen LogP contribution in [0.3, 0.4) is 0 Å². The first kappa shape index (κ1) is 18.9. The summed E-state index contributed by atoms with van der Waals surface area (Å²) in [6, 6.07) is 21.4. The van der Waals surface area contributed by atoms with Crippen molar-refractivity contribution in [2.75, 3.05) is 6.54 Å². The van der Waals surface area contributed by atoms with Crippen LogP contribution in [0.5, 0.6) is 0 Å². The summed E-state index contributed by atoms with van der Waals surface area (Å²) in [7, 11) is 2.00. The Kier molecular flexibility index (Phi) is 4.88. The molecule has 152 valence electrons. The molecule has 0 atom stereocenters. The second-order valence-corrected chi connectivity index (χ2v) is 7.39. The molecule has 1 N–H and O–H groups in total. The van der Waals surface area contributed by atoms with E-state index in [1.807, 2.05) is 73.8 Å². The summed E-state index contributed by atoms with van der Waals surface area (Å²) in [6.45, 7) is 0.497. The number of aryl methyl sites for hydroxylation is 1. The number of benzene rings is 2. The quantitative estimate of drug-likeness (QED) is 0.475. The van der Waals surface area contributed by atoms with E-state index < -0.39 is 0 Å². The Morgan fingerprint density at radius 1 is 0.935 bits per heavy atom. The van der Waals surface area contributed by atoms with Crippen molar-refractivity contribution in [3.8, 4) is 11.3 Å². The van der Waals surface area contributed by atoms with E-state index in [1.54, 1.807) is 12.4 Å². The van der Waals surface area contributed by atoms with Crippen LogP contribution in [-0.4, -0.2) is 32.0 Å². The highest BCUT2D eigenvalue weighted by atomic mass is 16.1. The second-order valence-electron chi connectivity index (χ2n) is 7.39. The third-order valence-corrected chi connectivity index (χ3v) is 5.45. The van der Waals surface area contributed by atoms with Gasteiger partial charge in [0.15, 0.2) is 0 Å². The molecule has 0 fully saturated rings. The van der Waals surface area contributed by atoms with Crippen molar-refractivity contribution < 1.29 is 4.79 Å². The Morgan fingerprint density at radius 3 is 2.48 bits per heavy atom. The highest BCUT2D eigenvalue weighted by Crippen LogP contribution is 2.24. The summed E-state index contributed by atoms with van der Waals surface area (Å²) >= 11 is 0. The molecule has 0 unspecified atom stereocenters. The van der Waals surface area contributed by atoms with Crippen LogP contribution in [0, 0.1) is 0 Å². The van der Waals surface area contributed by atoms with Gasteiger partial charge in [0.05, 0.1) is 27.8 Å². The van der Waals surface area contributed by atoms with Crippen molar-refractivity contribution in [2.24, 2.45) is 7.05 Å². The van der Waals surface area contributed by atoms with Gasteiger partial charge in [0.1, 0.15) is 5.82 Å². The van der Waals surface area contributed by atoms with Gasteiger partial charge in [-0.1, -0.05) is 30.3 Å². The molecule has 0 aliphatic rings. The summed E-state index contributed by atoms with van der Waals surface area (Å²) in [4.78, 5) is 26.6. The molecule has 0 radical (unpaired) electrons. The average molecular weight is 407 g/mol. The predicted molar refractivity (Wildman–Crippen MR) is 122 cm³/mol. The van der Waals surface area contributed by atoms with Crippen LogP contribution >= 0.6 is 0 Å². The summed E-state index contributed by atoms with van der Waals surface area (Å²) in [5.74, 6) is 0.825. The molecule has 6 nitrogen and oxygen atoms in total. The van der Waals surface area contributed by atoms with E-state index in [0.29, 0.717) is 18.5 Å². The molecule has 3 aromatic heterocycles. The first-order valence-electron chi connectivity index (χ1n) is 10.2. The molecule has 6 heteroatoms. The summed E-state index contributed by atoms with van der Waals surface area (Å²) < 4.78 is 2.07. The Labute approximate surface area is 179 Å².